The maximum atomic E-state index is 12.6. The van der Waals surface area contributed by atoms with Crippen LogP contribution in [0.15, 0.2) is 48.5 Å². The van der Waals surface area contributed by atoms with Gasteiger partial charge in [0.2, 0.25) is 5.91 Å². The second-order valence-corrected chi connectivity index (χ2v) is 6.50. The molecular formula is C19H21ClN2O. The summed E-state index contributed by atoms with van der Waals surface area (Å²) >= 11 is 0. The molecule has 0 heterocycles. The summed E-state index contributed by atoms with van der Waals surface area (Å²) in [7, 11) is 0. The Labute approximate surface area is 142 Å². The molecule has 120 valence electrons. The highest BCUT2D eigenvalue weighted by Gasteiger charge is 2.60. The second-order valence-electron chi connectivity index (χ2n) is 6.50. The Hall–Kier alpha value is -2.00. The van der Waals surface area contributed by atoms with Gasteiger partial charge in [-0.3, -0.25) is 4.79 Å². The molecule has 1 fully saturated rings. The Morgan fingerprint density at radius 1 is 1.13 bits per heavy atom. The highest BCUT2D eigenvalue weighted by molar-refractivity contribution is 5.98. The molecule has 3 nitrogen and oxygen atoms in total. The van der Waals surface area contributed by atoms with E-state index < -0.39 is 0 Å². The van der Waals surface area contributed by atoms with Crippen LogP contribution >= 0.6 is 12.4 Å². The van der Waals surface area contributed by atoms with Crippen LogP contribution in [0, 0.1) is 5.92 Å². The van der Waals surface area contributed by atoms with E-state index in [2.05, 4.69) is 29.6 Å². The molecule has 1 amide bonds. The molecular weight excluding hydrogens is 308 g/mol. The van der Waals surface area contributed by atoms with Gasteiger partial charge < -0.3 is 11.1 Å². The minimum Gasteiger partial charge on any atom is -0.397 e. The Morgan fingerprint density at radius 2 is 1.87 bits per heavy atom. The van der Waals surface area contributed by atoms with Gasteiger partial charge in [0.15, 0.2) is 0 Å². The zero-order valence-corrected chi connectivity index (χ0v) is 13.7. The van der Waals surface area contributed by atoms with Crippen molar-refractivity contribution >= 4 is 29.7 Å². The van der Waals surface area contributed by atoms with Crippen LogP contribution in [0.2, 0.25) is 0 Å². The molecule has 0 aromatic heterocycles. The Morgan fingerprint density at radius 3 is 2.70 bits per heavy atom. The van der Waals surface area contributed by atoms with Crippen LogP contribution in [0.3, 0.4) is 0 Å². The van der Waals surface area contributed by atoms with E-state index in [4.69, 9.17) is 5.73 Å². The molecule has 23 heavy (non-hydrogen) atoms. The van der Waals surface area contributed by atoms with Gasteiger partial charge in [-0.25, -0.2) is 0 Å². The van der Waals surface area contributed by atoms with Gasteiger partial charge in [0, 0.05) is 11.3 Å². The fourth-order valence-electron chi connectivity index (χ4n) is 4.01. The van der Waals surface area contributed by atoms with Crippen LogP contribution in [-0.2, 0) is 16.6 Å². The number of hydrogen-bond acceptors (Lipinski definition) is 2. The summed E-state index contributed by atoms with van der Waals surface area (Å²) in [6.07, 6.45) is 4.39. The maximum Gasteiger partial charge on any atom is 0.228 e. The molecule has 0 radical (unpaired) electrons. The molecule has 0 saturated heterocycles. The second kappa shape index (κ2) is 5.89. The summed E-state index contributed by atoms with van der Waals surface area (Å²) in [4.78, 5) is 12.6. The zero-order valence-electron chi connectivity index (χ0n) is 12.9. The Kier molecular flexibility index (Phi) is 4.07. The highest BCUT2D eigenvalue weighted by atomic mass is 35.5. The van der Waals surface area contributed by atoms with E-state index in [1.54, 1.807) is 0 Å². The van der Waals surface area contributed by atoms with E-state index in [0.717, 1.165) is 24.9 Å². The van der Waals surface area contributed by atoms with Crippen LogP contribution in [0.4, 0.5) is 11.4 Å². The van der Waals surface area contributed by atoms with E-state index in [1.165, 1.54) is 17.5 Å². The van der Waals surface area contributed by atoms with E-state index in [-0.39, 0.29) is 29.6 Å². The maximum absolute atomic E-state index is 12.6. The molecule has 4 rings (SSSR count). The average Bonchev–Trinajstić information content (AvgIpc) is 3.25. The number of aryl methyl sites for hydroxylation is 1. The van der Waals surface area contributed by atoms with Crippen molar-refractivity contribution in [3.8, 4) is 0 Å². The Balaban J connectivity index is 0.00000156. The van der Waals surface area contributed by atoms with Crippen LogP contribution in [0.5, 0.6) is 0 Å². The molecule has 2 aromatic rings. The number of rotatable bonds is 2. The lowest BCUT2D eigenvalue weighted by Gasteiger charge is -2.26. The van der Waals surface area contributed by atoms with Crippen molar-refractivity contribution in [2.45, 2.75) is 31.1 Å². The molecule has 2 atom stereocenters. The van der Waals surface area contributed by atoms with Crippen molar-refractivity contribution in [3.63, 3.8) is 0 Å². The highest BCUT2D eigenvalue weighted by Crippen LogP contribution is 2.60. The van der Waals surface area contributed by atoms with Crippen molar-refractivity contribution in [1.29, 1.82) is 0 Å². The summed E-state index contributed by atoms with van der Waals surface area (Å²) in [5, 5.41) is 3.01. The van der Waals surface area contributed by atoms with Gasteiger partial charge in [0.25, 0.3) is 0 Å². The molecule has 2 aromatic carbocycles. The molecule has 3 N–H and O–H groups in total. The normalized spacial score (nSPS) is 24.4. The first-order valence-electron chi connectivity index (χ1n) is 7.94. The number of halogens is 1. The van der Waals surface area contributed by atoms with Gasteiger partial charge in [0.05, 0.1) is 11.4 Å². The number of anilines is 2. The van der Waals surface area contributed by atoms with Crippen molar-refractivity contribution in [2.24, 2.45) is 5.92 Å². The number of benzene rings is 2. The third-order valence-corrected chi connectivity index (χ3v) is 5.23. The van der Waals surface area contributed by atoms with E-state index in [0.29, 0.717) is 5.69 Å². The topological polar surface area (TPSA) is 55.1 Å². The number of nitrogen functional groups attached to an aromatic ring is 1. The lowest BCUT2D eigenvalue weighted by molar-refractivity contribution is -0.117. The minimum absolute atomic E-state index is 0. The summed E-state index contributed by atoms with van der Waals surface area (Å²) in [5.41, 5.74) is 10.1. The molecule has 1 spiro atoms. The van der Waals surface area contributed by atoms with Crippen LogP contribution in [0.1, 0.15) is 30.4 Å². The zero-order chi connectivity index (χ0) is 15.2. The molecule has 0 bridgehead atoms. The number of para-hydroxylation sites is 2. The fourth-order valence-corrected chi connectivity index (χ4v) is 4.01. The van der Waals surface area contributed by atoms with Crippen molar-refractivity contribution in [1.82, 2.24) is 0 Å². The van der Waals surface area contributed by atoms with Crippen molar-refractivity contribution in [2.75, 3.05) is 11.1 Å². The average molecular weight is 329 g/mol. The summed E-state index contributed by atoms with van der Waals surface area (Å²) in [5.74, 6) is 0.183. The molecule has 4 heteroatoms. The standard InChI is InChI=1S/C19H20N2O.ClH/c20-16-9-3-4-10-17(16)21-18(22)15-12-19(15)11-5-7-13-6-1-2-8-14(13)19;/h1-4,6,8-10,15H,5,7,11-12,20H2,(H,21,22);1H. The van der Waals surface area contributed by atoms with Crippen molar-refractivity contribution < 1.29 is 4.79 Å². The van der Waals surface area contributed by atoms with Gasteiger partial charge in [-0.1, -0.05) is 36.4 Å². The van der Waals surface area contributed by atoms with E-state index >= 15 is 0 Å². The number of carbonyl (C=O) groups is 1. The molecule has 2 aliphatic rings. The first-order chi connectivity index (χ1) is 10.7. The van der Waals surface area contributed by atoms with Crippen LogP contribution in [-0.4, -0.2) is 5.91 Å². The summed E-state index contributed by atoms with van der Waals surface area (Å²) < 4.78 is 0. The molecule has 2 unspecified atom stereocenters. The lowest BCUT2D eigenvalue weighted by Crippen LogP contribution is -2.25. The molecule has 2 aliphatic carbocycles. The van der Waals surface area contributed by atoms with Gasteiger partial charge >= 0.3 is 0 Å². The third kappa shape index (κ3) is 2.59. The minimum atomic E-state index is 0. The van der Waals surface area contributed by atoms with Crippen LogP contribution < -0.4 is 11.1 Å². The lowest BCUT2D eigenvalue weighted by atomic mass is 9.78. The Bertz CT molecular complexity index is 746. The number of nitrogens with one attached hydrogen (secondary N) is 1. The number of amides is 1. The predicted octanol–water partition coefficient (Wildman–Crippen LogP) is 3.92. The smallest absolute Gasteiger partial charge is 0.228 e. The monoisotopic (exact) mass is 328 g/mol. The van der Waals surface area contributed by atoms with Crippen LogP contribution in [0.25, 0.3) is 0 Å². The van der Waals surface area contributed by atoms with E-state index in [9.17, 15) is 4.79 Å². The molecule has 1 saturated carbocycles. The third-order valence-electron chi connectivity index (χ3n) is 5.23. The first kappa shape index (κ1) is 15.9. The summed E-state index contributed by atoms with van der Waals surface area (Å²) in [6, 6.07) is 16.0. The number of carbonyl (C=O) groups excluding carboxylic acids is 1. The molecule has 0 aliphatic heterocycles. The van der Waals surface area contributed by atoms with Gasteiger partial charge in [-0.15, -0.1) is 12.4 Å². The number of hydrogen-bond donors (Lipinski definition) is 2. The number of fused-ring (bicyclic) bond motifs is 2. The SMILES string of the molecule is Cl.Nc1ccccc1NC(=O)C1CC12CCCc1ccccc12. The van der Waals surface area contributed by atoms with Gasteiger partial charge in [-0.05, 0) is 48.9 Å². The van der Waals surface area contributed by atoms with Crippen molar-refractivity contribution in [3.05, 3.63) is 59.7 Å². The quantitative estimate of drug-likeness (QED) is 0.821. The first-order valence-corrected chi connectivity index (χ1v) is 7.94. The number of nitrogens with two attached hydrogens (primary N) is 1. The summed E-state index contributed by atoms with van der Waals surface area (Å²) in [6.45, 7) is 0. The fraction of sp³-hybridized carbons (Fsp3) is 0.316. The van der Waals surface area contributed by atoms with E-state index in [1.807, 2.05) is 24.3 Å². The van der Waals surface area contributed by atoms with Gasteiger partial charge in [-0.2, -0.15) is 0 Å². The largest absolute Gasteiger partial charge is 0.397 e. The van der Waals surface area contributed by atoms with Gasteiger partial charge in [0.1, 0.15) is 0 Å². The predicted molar refractivity (Wildman–Crippen MR) is 95.9 cm³/mol.